The van der Waals surface area contributed by atoms with Gasteiger partial charge in [-0.05, 0) is 12.3 Å². The number of nitrogens with one attached hydrogen (secondary N) is 2. The molecular formula is C13H23N3O4. The van der Waals surface area contributed by atoms with Gasteiger partial charge in [-0.3, -0.25) is 19.3 Å². The van der Waals surface area contributed by atoms with E-state index >= 15 is 0 Å². The van der Waals surface area contributed by atoms with Crippen LogP contribution >= 0.6 is 0 Å². The predicted molar refractivity (Wildman–Crippen MR) is 73.1 cm³/mol. The molecule has 0 aliphatic carbocycles. The largest absolute Gasteiger partial charge is 0.481 e. The van der Waals surface area contributed by atoms with Crippen LogP contribution in [0.15, 0.2) is 0 Å². The summed E-state index contributed by atoms with van der Waals surface area (Å²) in [6.07, 6.45) is 0.607. The van der Waals surface area contributed by atoms with Crippen LogP contribution in [-0.4, -0.2) is 60.0 Å². The standard InChI is InChI=1S/C13H23N3O4/c1-9(2)3-4-14-11(17)8-16-6-5-15-13(20)10(16)7-12(18)19/h9-10H,3-8H2,1-2H3,(H,14,17)(H,15,20)(H,18,19). The monoisotopic (exact) mass is 285 g/mol. The predicted octanol–water partition coefficient (Wildman–Crippen LogP) is -0.576. The Morgan fingerprint density at radius 1 is 1.50 bits per heavy atom. The zero-order valence-electron chi connectivity index (χ0n) is 12.0. The highest BCUT2D eigenvalue weighted by atomic mass is 16.4. The van der Waals surface area contributed by atoms with E-state index < -0.39 is 12.0 Å². The molecule has 0 saturated carbocycles. The van der Waals surface area contributed by atoms with Gasteiger partial charge in [0.15, 0.2) is 0 Å². The second-order valence-electron chi connectivity index (χ2n) is 5.41. The number of hydrogen-bond donors (Lipinski definition) is 3. The lowest BCUT2D eigenvalue weighted by Crippen LogP contribution is -2.57. The number of amides is 2. The van der Waals surface area contributed by atoms with Crippen molar-refractivity contribution in [3.8, 4) is 0 Å². The Bertz CT molecular complexity index is 371. The lowest BCUT2D eigenvalue weighted by molar-refractivity contribution is -0.144. The van der Waals surface area contributed by atoms with Crippen LogP contribution in [0.2, 0.25) is 0 Å². The molecule has 1 rings (SSSR count). The number of carbonyl (C=O) groups excluding carboxylic acids is 2. The van der Waals surface area contributed by atoms with Gasteiger partial charge in [-0.2, -0.15) is 0 Å². The van der Waals surface area contributed by atoms with Crippen molar-refractivity contribution in [1.82, 2.24) is 15.5 Å². The number of hydrogen-bond acceptors (Lipinski definition) is 4. The van der Waals surface area contributed by atoms with Crippen LogP contribution in [0.5, 0.6) is 0 Å². The summed E-state index contributed by atoms with van der Waals surface area (Å²) in [5.41, 5.74) is 0. The van der Waals surface area contributed by atoms with Crippen molar-refractivity contribution in [2.24, 2.45) is 5.92 Å². The molecule has 1 atom stereocenters. The highest BCUT2D eigenvalue weighted by Gasteiger charge is 2.32. The fourth-order valence-corrected chi connectivity index (χ4v) is 2.08. The lowest BCUT2D eigenvalue weighted by atomic mass is 10.1. The molecule has 0 aromatic heterocycles. The van der Waals surface area contributed by atoms with Crippen molar-refractivity contribution in [1.29, 1.82) is 0 Å². The van der Waals surface area contributed by atoms with Crippen molar-refractivity contribution >= 4 is 17.8 Å². The van der Waals surface area contributed by atoms with E-state index in [4.69, 9.17) is 5.11 Å². The Hall–Kier alpha value is -1.63. The number of rotatable bonds is 7. The fourth-order valence-electron chi connectivity index (χ4n) is 2.08. The minimum atomic E-state index is -1.04. The van der Waals surface area contributed by atoms with E-state index in [1.54, 1.807) is 4.90 Å². The van der Waals surface area contributed by atoms with E-state index in [-0.39, 0.29) is 24.8 Å². The van der Waals surface area contributed by atoms with Gasteiger partial charge in [-0.15, -0.1) is 0 Å². The minimum absolute atomic E-state index is 0.0590. The van der Waals surface area contributed by atoms with Gasteiger partial charge in [-0.25, -0.2) is 0 Å². The van der Waals surface area contributed by atoms with Crippen LogP contribution in [0.4, 0.5) is 0 Å². The van der Waals surface area contributed by atoms with Gasteiger partial charge in [0.05, 0.1) is 13.0 Å². The van der Waals surface area contributed by atoms with Gasteiger partial charge in [0.25, 0.3) is 0 Å². The molecule has 114 valence electrons. The molecule has 0 aromatic carbocycles. The SMILES string of the molecule is CC(C)CCNC(=O)CN1CCNC(=O)C1CC(=O)O. The number of piperazine rings is 1. The van der Waals surface area contributed by atoms with E-state index in [2.05, 4.69) is 24.5 Å². The number of nitrogens with zero attached hydrogens (tertiary/aromatic N) is 1. The first-order valence-corrected chi connectivity index (χ1v) is 6.90. The van der Waals surface area contributed by atoms with Crippen LogP contribution in [-0.2, 0) is 14.4 Å². The second-order valence-corrected chi connectivity index (χ2v) is 5.41. The molecule has 3 N–H and O–H groups in total. The highest BCUT2D eigenvalue weighted by Crippen LogP contribution is 2.08. The molecule has 1 unspecified atom stereocenters. The molecule has 2 amide bonds. The zero-order chi connectivity index (χ0) is 15.1. The summed E-state index contributed by atoms with van der Waals surface area (Å²) in [6.45, 7) is 5.73. The van der Waals surface area contributed by atoms with Gasteiger partial charge in [0.1, 0.15) is 6.04 Å². The van der Waals surface area contributed by atoms with E-state index in [0.717, 1.165) is 6.42 Å². The maximum atomic E-state index is 11.8. The number of carboxylic acids is 1. The average molecular weight is 285 g/mol. The van der Waals surface area contributed by atoms with Gasteiger partial charge in [0.2, 0.25) is 11.8 Å². The Morgan fingerprint density at radius 3 is 2.80 bits per heavy atom. The summed E-state index contributed by atoms with van der Waals surface area (Å²) in [4.78, 5) is 35.9. The van der Waals surface area contributed by atoms with Gasteiger partial charge in [-0.1, -0.05) is 13.8 Å². The van der Waals surface area contributed by atoms with E-state index in [1.807, 2.05) is 0 Å². The molecule has 1 fully saturated rings. The Balaban J connectivity index is 2.47. The molecule has 1 aliphatic rings. The third-order valence-corrected chi connectivity index (χ3v) is 3.20. The number of aliphatic carboxylic acids is 1. The smallest absolute Gasteiger partial charge is 0.305 e. The third-order valence-electron chi connectivity index (χ3n) is 3.20. The average Bonchev–Trinajstić information content (AvgIpc) is 2.32. The lowest BCUT2D eigenvalue weighted by Gasteiger charge is -2.33. The van der Waals surface area contributed by atoms with E-state index in [9.17, 15) is 14.4 Å². The summed E-state index contributed by atoms with van der Waals surface area (Å²) >= 11 is 0. The van der Waals surface area contributed by atoms with E-state index in [0.29, 0.717) is 25.6 Å². The number of carbonyl (C=O) groups is 3. The second kappa shape index (κ2) is 7.84. The fraction of sp³-hybridized carbons (Fsp3) is 0.769. The molecule has 0 spiro atoms. The summed E-state index contributed by atoms with van der Waals surface area (Å²) in [6, 6.07) is -0.767. The highest BCUT2D eigenvalue weighted by molar-refractivity contribution is 5.87. The first-order chi connectivity index (χ1) is 9.40. The van der Waals surface area contributed by atoms with Crippen molar-refractivity contribution in [3.63, 3.8) is 0 Å². The van der Waals surface area contributed by atoms with Gasteiger partial charge < -0.3 is 15.7 Å². The van der Waals surface area contributed by atoms with Crippen LogP contribution in [0.1, 0.15) is 26.7 Å². The molecule has 1 heterocycles. The van der Waals surface area contributed by atoms with Crippen molar-refractivity contribution in [3.05, 3.63) is 0 Å². The van der Waals surface area contributed by atoms with E-state index in [1.165, 1.54) is 0 Å². The summed E-state index contributed by atoms with van der Waals surface area (Å²) in [7, 11) is 0. The third kappa shape index (κ3) is 5.56. The van der Waals surface area contributed by atoms with Gasteiger partial charge >= 0.3 is 5.97 Å². The first-order valence-electron chi connectivity index (χ1n) is 6.90. The molecular weight excluding hydrogens is 262 g/mol. The molecule has 7 nitrogen and oxygen atoms in total. The van der Waals surface area contributed by atoms with Crippen LogP contribution in [0, 0.1) is 5.92 Å². The Labute approximate surface area is 118 Å². The molecule has 1 saturated heterocycles. The van der Waals surface area contributed by atoms with Crippen molar-refractivity contribution in [2.45, 2.75) is 32.7 Å². The first kappa shape index (κ1) is 16.4. The minimum Gasteiger partial charge on any atom is -0.481 e. The molecule has 20 heavy (non-hydrogen) atoms. The van der Waals surface area contributed by atoms with Crippen molar-refractivity contribution in [2.75, 3.05) is 26.2 Å². The van der Waals surface area contributed by atoms with Crippen LogP contribution in [0.3, 0.4) is 0 Å². The maximum absolute atomic E-state index is 11.8. The quantitative estimate of drug-likeness (QED) is 0.581. The summed E-state index contributed by atoms with van der Waals surface area (Å²) < 4.78 is 0. The van der Waals surface area contributed by atoms with Crippen LogP contribution in [0.25, 0.3) is 0 Å². The Morgan fingerprint density at radius 2 is 2.20 bits per heavy atom. The van der Waals surface area contributed by atoms with Crippen LogP contribution < -0.4 is 10.6 Å². The summed E-state index contributed by atoms with van der Waals surface area (Å²) in [5, 5.41) is 14.2. The Kier molecular flexibility index (Phi) is 6.44. The maximum Gasteiger partial charge on any atom is 0.305 e. The molecule has 0 bridgehead atoms. The molecule has 7 heteroatoms. The topological polar surface area (TPSA) is 98.7 Å². The molecule has 0 radical (unpaired) electrons. The normalized spacial score (nSPS) is 19.8. The molecule has 1 aliphatic heterocycles. The zero-order valence-corrected chi connectivity index (χ0v) is 12.0. The van der Waals surface area contributed by atoms with Crippen molar-refractivity contribution < 1.29 is 19.5 Å². The molecule has 0 aromatic rings. The van der Waals surface area contributed by atoms with Gasteiger partial charge in [0, 0.05) is 19.6 Å². The number of carboxylic acid groups (broad SMARTS) is 1. The summed E-state index contributed by atoms with van der Waals surface area (Å²) in [5.74, 6) is -1.03.